The number of aliphatic hydroxyl groups excluding tert-OH is 1. The topological polar surface area (TPSA) is 66.5 Å². The van der Waals surface area contributed by atoms with E-state index in [4.69, 9.17) is 10.8 Å². The Morgan fingerprint density at radius 2 is 1.94 bits per heavy atom. The maximum atomic E-state index is 13.3. The minimum atomic E-state index is -3.48. The van der Waals surface area contributed by atoms with E-state index in [1.54, 1.807) is 13.8 Å². The lowest BCUT2D eigenvalue weighted by Gasteiger charge is -2.25. The van der Waals surface area contributed by atoms with Crippen LogP contribution < -0.4 is 5.73 Å². The number of aromatic hydroxyl groups is 1. The van der Waals surface area contributed by atoms with Crippen LogP contribution >= 0.6 is 28.3 Å². The number of phenols is 1. The van der Waals surface area contributed by atoms with Crippen molar-refractivity contribution in [2.75, 3.05) is 6.61 Å². The van der Waals surface area contributed by atoms with E-state index in [1.165, 1.54) is 6.07 Å². The highest BCUT2D eigenvalue weighted by Crippen LogP contribution is 2.39. The molecule has 0 spiro atoms. The fraction of sp³-hybridized carbons (Fsp3) is 0.455. The van der Waals surface area contributed by atoms with Crippen LogP contribution in [-0.4, -0.2) is 22.7 Å². The van der Waals surface area contributed by atoms with E-state index in [9.17, 15) is 13.9 Å². The maximum absolute atomic E-state index is 13.3. The molecule has 0 aliphatic rings. The van der Waals surface area contributed by atoms with Crippen LogP contribution in [0.2, 0.25) is 0 Å². The van der Waals surface area contributed by atoms with Crippen molar-refractivity contribution in [1.82, 2.24) is 0 Å². The largest absolute Gasteiger partial charge is 0.508 e. The molecular weight excluding hydrogens is 331 g/mol. The van der Waals surface area contributed by atoms with Crippen molar-refractivity contribution in [3.8, 4) is 5.75 Å². The molecule has 0 radical (unpaired) electrons. The predicted octanol–water partition coefficient (Wildman–Crippen LogP) is 2.82. The number of hydrogen-bond acceptors (Lipinski definition) is 3. The zero-order valence-corrected chi connectivity index (χ0v) is 12.3. The van der Waals surface area contributed by atoms with Gasteiger partial charge in [-0.25, -0.2) is 8.78 Å². The highest BCUT2D eigenvalue weighted by molar-refractivity contribution is 9.10. The number of rotatable bonds is 3. The summed E-state index contributed by atoms with van der Waals surface area (Å²) in [6.07, 6.45) is 0. The van der Waals surface area contributed by atoms with E-state index < -0.39 is 18.6 Å². The van der Waals surface area contributed by atoms with Gasteiger partial charge >= 0.3 is 0 Å². The van der Waals surface area contributed by atoms with Crippen molar-refractivity contribution in [2.24, 2.45) is 5.73 Å². The summed E-state index contributed by atoms with van der Waals surface area (Å²) in [4.78, 5) is 0. The zero-order valence-electron chi connectivity index (χ0n) is 9.88. The molecule has 4 N–H and O–H groups in total. The fourth-order valence-electron chi connectivity index (χ4n) is 1.65. The maximum Gasteiger partial charge on any atom is 0.289 e. The van der Waals surface area contributed by atoms with Crippen LogP contribution in [0.25, 0.3) is 0 Å². The fourth-order valence-corrected chi connectivity index (χ4v) is 1.98. The highest BCUT2D eigenvalue weighted by Gasteiger charge is 2.39. The van der Waals surface area contributed by atoms with E-state index in [2.05, 4.69) is 15.9 Å². The van der Waals surface area contributed by atoms with Crippen molar-refractivity contribution >= 4 is 28.3 Å². The third kappa shape index (κ3) is 3.12. The molecule has 104 valence electrons. The highest BCUT2D eigenvalue weighted by atomic mass is 79.9. The molecule has 0 heterocycles. The van der Waals surface area contributed by atoms with Gasteiger partial charge in [-0.1, -0.05) is 15.9 Å². The number of nitrogens with two attached hydrogens (primary N) is 1. The lowest BCUT2D eigenvalue weighted by atomic mass is 9.94. The van der Waals surface area contributed by atoms with Gasteiger partial charge in [0.25, 0.3) is 5.92 Å². The Balaban J connectivity index is 0.00000289. The molecule has 0 unspecified atom stereocenters. The molecule has 7 heteroatoms. The number of benzene rings is 1. The van der Waals surface area contributed by atoms with Gasteiger partial charge < -0.3 is 15.9 Å². The minimum Gasteiger partial charge on any atom is -0.508 e. The first-order valence-electron chi connectivity index (χ1n) is 4.95. The first kappa shape index (κ1) is 17.6. The summed E-state index contributed by atoms with van der Waals surface area (Å²) >= 11 is 3.25. The molecule has 0 saturated carbocycles. The van der Waals surface area contributed by atoms with Gasteiger partial charge in [0.2, 0.25) is 0 Å². The van der Waals surface area contributed by atoms with Crippen molar-refractivity contribution in [1.29, 1.82) is 0 Å². The van der Waals surface area contributed by atoms with Gasteiger partial charge in [-0.3, -0.25) is 0 Å². The number of hydrogen-bond donors (Lipinski definition) is 3. The normalized spacial score (nSPS) is 13.1. The van der Waals surface area contributed by atoms with Crippen molar-refractivity contribution in [3.05, 3.63) is 27.2 Å². The van der Waals surface area contributed by atoms with E-state index in [-0.39, 0.29) is 23.7 Å². The van der Waals surface area contributed by atoms with E-state index in [1.807, 2.05) is 0 Å². The third-order valence-corrected chi connectivity index (χ3v) is 3.91. The summed E-state index contributed by atoms with van der Waals surface area (Å²) in [7, 11) is 0. The molecule has 0 aliphatic carbocycles. The molecule has 18 heavy (non-hydrogen) atoms. The van der Waals surface area contributed by atoms with Crippen molar-refractivity contribution < 1.29 is 19.0 Å². The summed E-state index contributed by atoms with van der Waals surface area (Å²) in [6.45, 7) is 1.95. The van der Waals surface area contributed by atoms with Gasteiger partial charge in [0.15, 0.2) is 0 Å². The van der Waals surface area contributed by atoms with E-state index in [0.29, 0.717) is 10.0 Å². The molecule has 0 aromatic heterocycles. The standard InChI is InChI=1S/C11H14BrF2NO2.ClH/c1-5-3-7(17)8(6(2)9(5)12)10(15)11(13,14)4-16;/h3,10,16-17H,4,15H2,1-2H3;1H/t10-;/m0./s1. The summed E-state index contributed by atoms with van der Waals surface area (Å²) in [5.74, 6) is -3.76. The second kappa shape index (κ2) is 6.14. The molecule has 1 aromatic rings. The average Bonchev–Trinajstić information content (AvgIpc) is 2.26. The molecule has 1 atom stereocenters. The molecule has 0 fully saturated rings. The second-order valence-corrected chi connectivity index (χ2v) is 4.76. The lowest BCUT2D eigenvalue weighted by molar-refractivity contribution is -0.0717. The van der Waals surface area contributed by atoms with Crippen LogP contribution in [0.1, 0.15) is 22.7 Å². The van der Waals surface area contributed by atoms with Gasteiger partial charge in [0.05, 0.1) is 0 Å². The molecule has 1 rings (SSSR count). The van der Waals surface area contributed by atoms with Gasteiger partial charge in [-0.2, -0.15) is 0 Å². The monoisotopic (exact) mass is 345 g/mol. The Labute approximate surface area is 119 Å². The summed E-state index contributed by atoms with van der Waals surface area (Å²) < 4.78 is 27.3. The molecule has 3 nitrogen and oxygen atoms in total. The number of aliphatic hydroxyl groups is 1. The molecule has 0 saturated heterocycles. The smallest absolute Gasteiger partial charge is 0.289 e. The minimum absolute atomic E-state index is 0. The molecule has 0 amide bonds. The summed E-state index contributed by atoms with van der Waals surface area (Å²) in [6, 6.07) is -0.385. The van der Waals surface area contributed by atoms with Gasteiger partial charge in [-0.15, -0.1) is 12.4 Å². The van der Waals surface area contributed by atoms with Crippen LogP contribution in [-0.2, 0) is 0 Å². The SMILES string of the molecule is Cc1cc(O)c([C@H](N)C(F)(F)CO)c(C)c1Br.Cl. The summed E-state index contributed by atoms with van der Waals surface area (Å²) in [5, 5.41) is 18.3. The first-order valence-corrected chi connectivity index (χ1v) is 5.74. The van der Waals surface area contributed by atoms with Gasteiger partial charge in [0.1, 0.15) is 18.4 Å². The second-order valence-electron chi connectivity index (χ2n) is 3.96. The van der Waals surface area contributed by atoms with Crippen LogP contribution in [0.3, 0.4) is 0 Å². The van der Waals surface area contributed by atoms with Crippen LogP contribution in [0, 0.1) is 13.8 Å². The number of phenolic OH excluding ortho intramolecular Hbond substituents is 1. The van der Waals surface area contributed by atoms with Crippen LogP contribution in [0.4, 0.5) is 8.78 Å². The third-order valence-electron chi connectivity index (χ3n) is 2.69. The average molecular weight is 347 g/mol. The Hall–Kier alpha value is -0.430. The Bertz CT molecular complexity index is 444. The lowest BCUT2D eigenvalue weighted by Crippen LogP contribution is -2.36. The Morgan fingerprint density at radius 1 is 1.44 bits per heavy atom. The van der Waals surface area contributed by atoms with E-state index in [0.717, 1.165) is 5.56 Å². The Kier molecular flexibility index (Phi) is 6.00. The Morgan fingerprint density at radius 3 is 2.39 bits per heavy atom. The van der Waals surface area contributed by atoms with Crippen molar-refractivity contribution in [2.45, 2.75) is 25.8 Å². The molecule has 1 aromatic carbocycles. The molecule has 0 aliphatic heterocycles. The molecule has 0 bridgehead atoms. The molecular formula is C11H15BrClF2NO2. The zero-order chi connectivity index (χ0) is 13.4. The van der Waals surface area contributed by atoms with Gasteiger partial charge in [-0.05, 0) is 31.0 Å². The van der Waals surface area contributed by atoms with Crippen molar-refractivity contribution in [3.63, 3.8) is 0 Å². The van der Waals surface area contributed by atoms with Crippen LogP contribution in [0.5, 0.6) is 5.75 Å². The number of halogens is 4. The number of alkyl halides is 2. The predicted molar refractivity (Wildman–Crippen MR) is 71.5 cm³/mol. The quantitative estimate of drug-likeness (QED) is 0.788. The van der Waals surface area contributed by atoms with Gasteiger partial charge in [0, 0.05) is 10.0 Å². The number of aryl methyl sites for hydroxylation is 1. The van der Waals surface area contributed by atoms with Crippen LogP contribution in [0.15, 0.2) is 10.5 Å². The first-order chi connectivity index (χ1) is 7.72. The van der Waals surface area contributed by atoms with E-state index >= 15 is 0 Å². The summed E-state index contributed by atoms with van der Waals surface area (Å²) in [5.41, 5.74) is 6.53.